The van der Waals surface area contributed by atoms with Crippen LogP contribution < -0.4 is 5.73 Å². The van der Waals surface area contributed by atoms with E-state index in [2.05, 4.69) is 25.8 Å². The van der Waals surface area contributed by atoms with E-state index in [0.29, 0.717) is 23.3 Å². The Morgan fingerprint density at radius 1 is 1.12 bits per heavy atom. The minimum absolute atomic E-state index is 0.390. The predicted molar refractivity (Wildman–Crippen MR) is 102 cm³/mol. The Labute approximate surface area is 150 Å². The molecule has 1 aromatic carbocycles. The number of carbonyl (C=O) groups excluding carboxylic acids is 1. The van der Waals surface area contributed by atoms with Gasteiger partial charge in [0.05, 0.1) is 5.69 Å². The van der Waals surface area contributed by atoms with Crippen LogP contribution in [0.25, 0.3) is 11.3 Å². The van der Waals surface area contributed by atoms with Crippen molar-refractivity contribution in [3.63, 3.8) is 0 Å². The van der Waals surface area contributed by atoms with Gasteiger partial charge in [0, 0.05) is 28.7 Å². The molecule has 134 valence electrons. The Hall–Kier alpha value is -2.10. The van der Waals surface area contributed by atoms with Gasteiger partial charge in [-0.2, -0.15) is 0 Å². The van der Waals surface area contributed by atoms with E-state index in [9.17, 15) is 4.79 Å². The lowest BCUT2D eigenvalue weighted by Gasteiger charge is -2.21. The second-order valence-electron chi connectivity index (χ2n) is 7.69. The standard InChI is InChI=1S/C21H29N3O/c1-13(2)14(3)21-23-18(15-7-5-4-6-8-15)19(24-21)16-9-11-17(12-10-16)20(22)25/h9-15H,4-8H2,1-3H3,(H2,22,25)(H,23,24). The number of hydrogen-bond donors (Lipinski definition) is 2. The maximum atomic E-state index is 11.3. The van der Waals surface area contributed by atoms with E-state index >= 15 is 0 Å². The summed E-state index contributed by atoms with van der Waals surface area (Å²) in [6.07, 6.45) is 6.37. The van der Waals surface area contributed by atoms with E-state index in [0.717, 1.165) is 17.1 Å². The number of amides is 1. The largest absolute Gasteiger partial charge is 0.366 e. The van der Waals surface area contributed by atoms with Crippen molar-refractivity contribution in [2.24, 2.45) is 11.7 Å². The number of primary amides is 1. The van der Waals surface area contributed by atoms with Crippen molar-refractivity contribution in [2.45, 2.75) is 64.7 Å². The van der Waals surface area contributed by atoms with Crippen molar-refractivity contribution in [1.82, 2.24) is 9.97 Å². The fourth-order valence-corrected chi connectivity index (χ4v) is 3.64. The second kappa shape index (κ2) is 7.42. The zero-order valence-corrected chi connectivity index (χ0v) is 15.5. The lowest BCUT2D eigenvalue weighted by Crippen LogP contribution is -2.10. The third-order valence-corrected chi connectivity index (χ3v) is 5.64. The molecule has 1 unspecified atom stereocenters. The molecule has 4 nitrogen and oxygen atoms in total. The zero-order chi connectivity index (χ0) is 18.0. The maximum absolute atomic E-state index is 11.3. The van der Waals surface area contributed by atoms with Gasteiger partial charge in [0.2, 0.25) is 5.91 Å². The molecule has 3 rings (SSSR count). The van der Waals surface area contributed by atoms with E-state index in [-0.39, 0.29) is 0 Å². The first-order valence-corrected chi connectivity index (χ1v) is 9.47. The van der Waals surface area contributed by atoms with Crippen LogP contribution in [0.1, 0.15) is 86.6 Å². The van der Waals surface area contributed by atoms with Crippen LogP contribution in [0.2, 0.25) is 0 Å². The summed E-state index contributed by atoms with van der Waals surface area (Å²) in [6, 6.07) is 7.52. The van der Waals surface area contributed by atoms with E-state index in [1.54, 1.807) is 12.1 Å². The summed E-state index contributed by atoms with van der Waals surface area (Å²) in [6.45, 7) is 6.69. The molecule has 1 amide bonds. The van der Waals surface area contributed by atoms with Crippen LogP contribution in [0.5, 0.6) is 0 Å². The average Bonchev–Trinajstić information content (AvgIpc) is 3.07. The molecule has 0 bridgehead atoms. The molecule has 1 atom stereocenters. The summed E-state index contributed by atoms with van der Waals surface area (Å²) < 4.78 is 0. The Morgan fingerprint density at radius 3 is 2.32 bits per heavy atom. The Kier molecular flexibility index (Phi) is 5.26. The van der Waals surface area contributed by atoms with Crippen LogP contribution in [0.3, 0.4) is 0 Å². The number of aromatic nitrogens is 2. The van der Waals surface area contributed by atoms with Crippen molar-refractivity contribution in [3.05, 3.63) is 41.3 Å². The van der Waals surface area contributed by atoms with Crippen LogP contribution in [-0.4, -0.2) is 15.9 Å². The number of aromatic amines is 1. The Balaban J connectivity index is 2.01. The predicted octanol–water partition coefficient (Wildman–Crippen LogP) is 4.98. The Bertz CT molecular complexity index is 724. The molecule has 1 heterocycles. The Morgan fingerprint density at radius 2 is 1.76 bits per heavy atom. The molecular formula is C21H29N3O. The molecule has 0 aliphatic heterocycles. The van der Waals surface area contributed by atoms with Gasteiger partial charge in [0.15, 0.2) is 0 Å². The van der Waals surface area contributed by atoms with Crippen molar-refractivity contribution in [2.75, 3.05) is 0 Å². The van der Waals surface area contributed by atoms with E-state index < -0.39 is 5.91 Å². The lowest BCUT2D eigenvalue weighted by atomic mass is 9.85. The van der Waals surface area contributed by atoms with E-state index in [1.165, 1.54) is 37.8 Å². The van der Waals surface area contributed by atoms with Crippen LogP contribution in [-0.2, 0) is 0 Å². The van der Waals surface area contributed by atoms with Crippen molar-refractivity contribution < 1.29 is 4.79 Å². The zero-order valence-electron chi connectivity index (χ0n) is 15.5. The molecule has 3 N–H and O–H groups in total. The quantitative estimate of drug-likeness (QED) is 0.806. The number of imidazole rings is 1. The third kappa shape index (κ3) is 3.78. The van der Waals surface area contributed by atoms with Gasteiger partial charge in [0.25, 0.3) is 0 Å². The number of nitrogens with zero attached hydrogens (tertiary/aromatic N) is 1. The molecule has 25 heavy (non-hydrogen) atoms. The van der Waals surface area contributed by atoms with Gasteiger partial charge in [-0.15, -0.1) is 0 Å². The molecule has 4 heteroatoms. The SMILES string of the molecule is CC(C)C(C)c1nc(-c2ccc(C(N)=O)cc2)c(C2CCCCC2)[nH]1. The van der Waals surface area contributed by atoms with Gasteiger partial charge in [0.1, 0.15) is 5.82 Å². The van der Waals surface area contributed by atoms with Crippen molar-refractivity contribution in [1.29, 1.82) is 0 Å². The van der Waals surface area contributed by atoms with Gasteiger partial charge >= 0.3 is 0 Å². The fraction of sp³-hybridized carbons (Fsp3) is 0.524. The first-order chi connectivity index (χ1) is 12.0. The highest BCUT2D eigenvalue weighted by molar-refractivity contribution is 5.93. The number of hydrogen-bond acceptors (Lipinski definition) is 2. The summed E-state index contributed by atoms with van der Waals surface area (Å²) in [5.41, 5.74) is 9.28. The highest BCUT2D eigenvalue weighted by atomic mass is 16.1. The fourth-order valence-electron chi connectivity index (χ4n) is 3.64. The van der Waals surface area contributed by atoms with E-state index in [4.69, 9.17) is 10.7 Å². The van der Waals surface area contributed by atoms with Gasteiger partial charge in [-0.3, -0.25) is 4.79 Å². The minimum atomic E-state index is -0.393. The molecule has 2 aromatic rings. The van der Waals surface area contributed by atoms with Crippen LogP contribution in [0, 0.1) is 5.92 Å². The summed E-state index contributed by atoms with van der Waals surface area (Å²) in [7, 11) is 0. The van der Waals surface area contributed by atoms with Crippen molar-refractivity contribution in [3.8, 4) is 11.3 Å². The molecule has 1 aromatic heterocycles. The average molecular weight is 339 g/mol. The lowest BCUT2D eigenvalue weighted by molar-refractivity contribution is 0.100. The second-order valence-corrected chi connectivity index (χ2v) is 7.69. The monoisotopic (exact) mass is 339 g/mol. The van der Waals surface area contributed by atoms with Gasteiger partial charge in [-0.05, 0) is 30.9 Å². The van der Waals surface area contributed by atoms with Gasteiger partial charge < -0.3 is 10.7 Å². The molecule has 1 aliphatic rings. The molecule has 0 saturated heterocycles. The van der Waals surface area contributed by atoms with Crippen LogP contribution in [0.15, 0.2) is 24.3 Å². The first kappa shape index (κ1) is 17.7. The third-order valence-electron chi connectivity index (χ3n) is 5.64. The summed E-state index contributed by atoms with van der Waals surface area (Å²) >= 11 is 0. The minimum Gasteiger partial charge on any atom is -0.366 e. The van der Waals surface area contributed by atoms with Crippen LogP contribution in [0.4, 0.5) is 0 Å². The number of nitrogens with two attached hydrogens (primary N) is 1. The molecule has 0 radical (unpaired) electrons. The summed E-state index contributed by atoms with van der Waals surface area (Å²) in [5, 5.41) is 0. The molecule has 0 spiro atoms. The van der Waals surface area contributed by atoms with Crippen LogP contribution >= 0.6 is 0 Å². The number of benzene rings is 1. The number of rotatable bonds is 5. The molecule has 1 aliphatic carbocycles. The van der Waals surface area contributed by atoms with E-state index in [1.807, 2.05) is 12.1 Å². The number of H-pyrrole nitrogens is 1. The highest BCUT2D eigenvalue weighted by Crippen LogP contribution is 2.38. The number of nitrogens with one attached hydrogen (secondary N) is 1. The summed E-state index contributed by atoms with van der Waals surface area (Å²) in [4.78, 5) is 20.0. The topological polar surface area (TPSA) is 71.8 Å². The number of carbonyl (C=O) groups is 1. The van der Waals surface area contributed by atoms with Gasteiger partial charge in [-0.25, -0.2) is 4.98 Å². The molecular weight excluding hydrogens is 310 g/mol. The smallest absolute Gasteiger partial charge is 0.248 e. The first-order valence-electron chi connectivity index (χ1n) is 9.47. The normalized spacial score (nSPS) is 17.0. The summed E-state index contributed by atoms with van der Waals surface area (Å²) in [5.74, 6) is 2.16. The maximum Gasteiger partial charge on any atom is 0.248 e. The molecule has 1 saturated carbocycles. The molecule has 1 fully saturated rings. The van der Waals surface area contributed by atoms with Crippen molar-refractivity contribution >= 4 is 5.91 Å². The van der Waals surface area contributed by atoms with Gasteiger partial charge in [-0.1, -0.05) is 52.2 Å². The highest BCUT2D eigenvalue weighted by Gasteiger charge is 2.25.